The SMILES string of the molecule is Cc1cc(NC(=O)c2cccc(C)c2Cl)ccc1N. The van der Waals surface area contributed by atoms with Crippen LogP contribution in [0, 0.1) is 13.8 Å². The Kier molecular flexibility index (Phi) is 3.76. The van der Waals surface area contributed by atoms with Crippen LogP contribution in [0.3, 0.4) is 0 Å². The van der Waals surface area contributed by atoms with Crippen LogP contribution < -0.4 is 11.1 Å². The molecular formula is C15H15ClN2O. The van der Waals surface area contributed by atoms with Gasteiger partial charge in [-0.05, 0) is 49.2 Å². The Morgan fingerprint density at radius 2 is 1.89 bits per heavy atom. The van der Waals surface area contributed by atoms with Gasteiger partial charge in [0.2, 0.25) is 0 Å². The summed E-state index contributed by atoms with van der Waals surface area (Å²) in [5.41, 5.74) is 9.41. The van der Waals surface area contributed by atoms with Crippen molar-refractivity contribution in [3.63, 3.8) is 0 Å². The van der Waals surface area contributed by atoms with Crippen LogP contribution in [0.1, 0.15) is 21.5 Å². The number of amides is 1. The Morgan fingerprint density at radius 3 is 2.58 bits per heavy atom. The molecule has 0 aliphatic heterocycles. The highest BCUT2D eigenvalue weighted by atomic mass is 35.5. The maximum Gasteiger partial charge on any atom is 0.257 e. The van der Waals surface area contributed by atoms with Gasteiger partial charge < -0.3 is 11.1 Å². The van der Waals surface area contributed by atoms with Crippen molar-refractivity contribution in [2.24, 2.45) is 0 Å². The van der Waals surface area contributed by atoms with Crippen LogP contribution in [0.5, 0.6) is 0 Å². The molecule has 2 rings (SSSR count). The van der Waals surface area contributed by atoms with E-state index in [0.29, 0.717) is 22.0 Å². The first-order chi connectivity index (χ1) is 8.99. The second-order valence-corrected chi connectivity index (χ2v) is 4.84. The molecule has 2 aromatic rings. The molecule has 0 saturated heterocycles. The molecule has 3 N–H and O–H groups in total. The number of halogens is 1. The molecular weight excluding hydrogens is 260 g/mol. The summed E-state index contributed by atoms with van der Waals surface area (Å²) >= 11 is 6.13. The summed E-state index contributed by atoms with van der Waals surface area (Å²) in [6.07, 6.45) is 0. The number of hydrogen-bond donors (Lipinski definition) is 2. The molecule has 0 heterocycles. The lowest BCUT2D eigenvalue weighted by molar-refractivity contribution is 0.102. The number of nitrogens with one attached hydrogen (secondary N) is 1. The van der Waals surface area contributed by atoms with Gasteiger partial charge >= 0.3 is 0 Å². The maximum atomic E-state index is 12.2. The van der Waals surface area contributed by atoms with E-state index in [1.54, 1.807) is 18.2 Å². The van der Waals surface area contributed by atoms with Gasteiger partial charge in [0.15, 0.2) is 0 Å². The number of benzene rings is 2. The highest BCUT2D eigenvalue weighted by Gasteiger charge is 2.12. The molecule has 98 valence electrons. The molecule has 0 atom stereocenters. The molecule has 0 radical (unpaired) electrons. The number of carbonyl (C=O) groups excluding carboxylic acids is 1. The first-order valence-electron chi connectivity index (χ1n) is 5.91. The molecule has 0 fully saturated rings. The first-order valence-corrected chi connectivity index (χ1v) is 6.29. The van der Waals surface area contributed by atoms with E-state index >= 15 is 0 Å². The molecule has 0 aromatic heterocycles. The van der Waals surface area contributed by atoms with Gasteiger partial charge in [-0.3, -0.25) is 4.79 Å². The van der Waals surface area contributed by atoms with E-state index < -0.39 is 0 Å². The van der Waals surface area contributed by atoms with Crippen LogP contribution in [0.2, 0.25) is 5.02 Å². The molecule has 19 heavy (non-hydrogen) atoms. The standard InChI is InChI=1S/C15H15ClN2O/c1-9-4-3-5-12(14(9)16)15(19)18-11-6-7-13(17)10(2)8-11/h3-8H,17H2,1-2H3,(H,18,19). The van der Waals surface area contributed by atoms with Gasteiger partial charge in [-0.25, -0.2) is 0 Å². The summed E-state index contributed by atoms with van der Waals surface area (Å²) in [4.78, 5) is 12.2. The topological polar surface area (TPSA) is 55.1 Å². The van der Waals surface area contributed by atoms with Gasteiger partial charge in [0.1, 0.15) is 0 Å². The van der Waals surface area contributed by atoms with E-state index in [4.69, 9.17) is 17.3 Å². The summed E-state index contributed by atoms with van der Waals surface area (Å²) in [7, 11) is 0. The van der Waals surface area contributed by atoms with Crippen LogP contribution in [-0.2, 0) is 0 Å². The number of aryl methyl sites for hydroxylation is 2. The van der Waals surface area contributed by atoms with Crippen LogP contribution in [0.15, 0.2) is 36.4 Å². The van der Waals surface area contributed by atoms with E-state index in [0.717, 1.165) is 11.1 Å². The Morgan fingerprint density at radius 1 is 1.16 bits per heavy atom. The van der Waals surface area contributed by atoms with Gasteiger partial charge in [0.25, 0.3) is 5.91 Å². The molecule has 0 spiro atoms. The monoisotopic (exact) mass is 274 g/mol. The minimum atomic E-state index is -0.224. The molecule has 0 aliphatic carbocycles. The second kappa shape index (κ2) is 5.33. The Hall–Kier alpha value is -2.00. The van der Waals surface area contributed by atoms with E-state index in [1.165, 1.54) is 0 Å². The molecule has 0 bridgehead atoms. The summed E-state index contributed by atoms with van der Waals surface area (Å²) in [6, 6.07) is 10.7. The summed E-state index contributed by atoms with van der Waals surface area (Å²) in [5.74, 6) is -0.224. The van der Waals surface area contributed by atoms with Gasteiger partial charge in [0, 0.05) is 11.4 Å². The number of carbonyl (C=O) groups is 1. The zero-order valence-corrected chi connectivity index (χ0v) is 11.6. The quantitative estimate of drug-likeness (QED) is 0.819. The molecule has 2 aromatic carbocycles. The fraction of sp³-hybridized carbons (Fsp3) is 0.133. The highest BCUT2D eigenvalue weighted by molar-refractivity contribution is 6.35. The number of hydrogen-bond acceptors (Lipinski definition) is 2. The predicted octanol–water partition coefficient (Wildman–Crippen LogP) is 3.79. The lowest BCUT2D eigenvalue weighted by Gasteiger charge is -2.09. The third-order valence-corrected chi connectivity index (χ3v) is 3.47. The van der Waals surface area contributed by atoms with Crippen LogP contribution in [0.4, 0.5) is 11.4 Å². The van der Waals surface area contributed by atoms with Crippen molar-refractivity contribution in [1.29, 1.82) is 0 Å². The molecule has 0 aliphatic rings. The minimum Gasteiger partial charge on any atom is -0.399 e. The lowest BCUT2D eigenvalue weighted by atomic mass is 10.1. The predicted molar refractivity (Wildman–Crippen MR) is 79.7 cm³/mol. The third kappa shape index (κ3) is 2.88. The Labute approximate surface area is 117 Å². The average molecular weight is 275 g/mol. The van der Waals surface area contributed by atoms with Gasteiger partial charge in [-0.1, -0.05) is 23.7 Å². The van der Waals surface area contributed by atoms with Crippen LogP contribution >= 0.6 is 11.6 Å². The molecule has 1 amide bonds. The fourth-order valence-electron chi connectivity index (χ4n) is 1.77. The smallest absolute Gasteiger partial charge is 0.257 e. The largest absolute Gasteiger partial charge is 0.399 e. The normalized spacial score (nSPS) is 10.3. The molecule has 4 heteroatoms. The van der Waals surface area contributed by atoms with E-state index in [1.807, 2.05) is 32.0 Å². The molecule has 0 saturated carbocycles. The Balaban J connectivity index is 2.26. The summed E-state index contributed by atoms with van der Waals surface area (Å²) in [5, 5.41) is 3.29. The van der Waals surface area contributed by atoms with Crippen molar-refractivity contribution in [3.05, 3.63) is 58.1 Å². The average Bonchev–Trinajstić information content (AvgIpc) is 2.37. The van der Waals surface area contributed by atoms with Crippen molar-refractivity contribution in [1.82, 2.24) is 0 Å². The van der Waals surface area contributed by atoms with E-state index in [9.17, 15) is 4.79 Å². The van der Waals surface area contributed by atoms with Crippen molar-refractivity contribution in [3.8, 4) is 0 Å². The zero-order chi connectivity index (χ0) is 14.0. The van der Waals surface area contributed by atoms with Crippen LogP contribution in [0.25, 0.3) is 0 Å². The van der Waals surface area contributed by atoms with Crippen molar-refractivity contribution in [2.45, 2.75) is 13.8 Å². The van der Waals surface area contributed by atoms with Gasteiger partial charge in [0.05, 0.1) is 10.6 Å². The van der Waals surface area contributed by atoms with E-state index in [2.05, 4.69) is 5.32 Å². The van der Waals surface area contributed by atoms with Gasteiger partial charge in [-0.15, -0.1) is 0 Å². The maximum absolute atomic E-state index is 12.2. The first kappa shape index (κ1) is 13.4. The highest BCUT2D eigenvalue weighted by Crippen LogP contribution is 2.22. The minimum absolute atomic E-state index is 0.224. The molecule has 0 unspecified atom stereocenters. The molecule has 3 nitrogen and oxygen atoms in total. The van der Waals surface area contributed by atoms with Crippen molar-refractivity contribution >= 4 is 28.9 Å². The Bertz CT molecular complexity index is 638. The zero-order valence-electron chi connectivity index (χ0n) is 10.8. The van der Waals surface area contributed by atoms with Gasteiger partial charge in [-0.2, -0.15) is 0 Å². The fourth-order valence-corrected chi connectivity index (χ4v) is 1.99. The number of nitrogen functional groups attached to an aromatic ring is 1. The lowest BCUT2D eigenvalue weighted by Crippen LogP contribution is -2.13. The number of anilines is 2. The number of nitrogens with two attached hydrogens (primary N) is 1. The van der Waals surface area contributed by atoms with Crippen molar-refractivity contribution < 1.29 is 4.79 Å². The van der Waals surface area contributed by atoms with Crippen LogP contribution in [-0.4, -0.2) is 5.91 Å². The number of rotatable bonds is 2. The third-order valence-electron chi connectivity index (χ3n) is 2.96. The summed E-state index contributed by atoms with van der Waals surface area (Å²) < 4.78 is 0. The second-order valence-electron chi connectivity index (χ2n) is 4.46. The van der Waals surface area contributed by atoms with Crippen molar-refractivity contribution in [2.75, 3.05) is 11.1 Å². The van der Waals surface area contributed by atoms with E-state index in [-0.39, 0.29) is 5.91 Å². The summed E-state index contributed by atoms with van der Waals surface area (Å²) in [6.45, 7) is 3.76.